The third-order valence-corrected chi connectivity index (χ3v) is 5.28. The zero-order valence-electron chi connectivity index (χ0n) is 13.7. The summed E-state index contributed by atoms with van der Waals surface area (Å²) in [5, 5.41) is 9.50. The Kier molecular flexibility index (Phi) is 3.79. The second kappa shape index (κ2) is 5.87. The van der Waals surface area contributed by atoms with E-state index in [1.165, 1.54) is 17.2 Å². The van der Waals surface area contributed by atoms with Crippen molar-refractivity contribution in [2.24, 2.45) is 5.92 Å². The number of amides is 2. The quantitative estimate of drug-likeness (QED) is 0.872. The zero-order chi connectivity index (χ0) is 17.6. The maximum atomic E-state index is 12.8. The number of hydrogen-bond acceptors (Lipinski definition) is 5. The molecule has 1 N–H and O–H groups in total. The molecule has 2 aliphatic heterocycles. The first-order chi connectivity index (χ1) is 12.0. The molecule has 4 rings (SSSR count). The summed E-state index contributed by atoms with van der Waals surface area (Å²) >= 11 is 0. The van der Waals surface area contributed by atoms with Crippen molar-refractivity contribution in [1.29, 1.82) is 0 Å². The molecule has 3 aliphatic rings. The predicted octanol–water partition coefficient (Wildman–Crippen LogP) is 0.934. The SMILES string of the molecule is O=C(O)[C@H]1COC2(CCN(C(=O)C3CC3)CC2)N1C(=O)c1ccco1. The molecular formula is C17H20N2O6. The van der Waals surface area contributed by atoms with Crippen molar-refractivity contribution in [2.45, 2.75) is 37.5 Å². The summed E-state index contributed by atoms with van der Waals surface area (Å²) < 4.78 is 11.0. The molecule has 1 saturated carbocycles. The van der Waals surface area contributed by atoms with Gasteiger partial charge in [-0.1, -0.05) is 0 Å². The molecule has 3 fully saturated rings. The Morgan fingerprint density at radius 2 is 1.92 bits per heavy atom. The normalized spacial score (nSPS) is 25.4. The number of carboxylic acid groups (broad SMARTS) is 1. The molecule has 2 saturated heterocycles. The number of likely N-dealkylation sites (tertiary alicyclic amines) is 1. The molecule has 2 amide bonds. The molecule has 1 aliphatic carbocycles. The molecule has 0 bridgehead atoms. The number of piperidine rings is 1. The van der Waals surface area contributed by atoms with E-state index < -0.39 is 23.6 Å². The third kappa shape index (κ3) is 2.70. The molecule has 1 atom stereocenters. The van der Waals surface area contributed by atoms with Crippen LogP contribution in [-0.2, 0) is 14.3 Å². The Balaban J connectivity index is 1.56. The number of furan rings is 1. The van der Waals surface area contributed by atoms with Gasteiger partial charge in [0.15, 0.2) is 11.8 Å². The van der Waals surface area contributed by atoms with Gasteiger partial charge in [-0.3, -0.25) is 14.5 Å². The van der Waals surface area contributed by atoms with Crippen molar-refractivity contribution in [2.75, 3.05) is 19.7 Å². The smallest absolute Gasteiger partial charge is 0.328 e. The first kappa shape index (κ1) is 16.1. The lowest BCUT2D eigenvalue weighted by molar-refractivity contribution is -0.148. The van der Waals surface area contributed by atoms with Gasteiger partial charge in [-0.15, -0.1) is 0 Å². The molecule has 1 aromatic rings. The van der Waals surface area contributed by atoms with Gasteiger partial charge in [0.25, 0.3) is 5.91 Å². The lowest BCUT2D eigenvalue weighted by atomic mass is 9.97. The Morgan fingerprint density at radius 1 is 1.20 bits per heavy atom. The molecule has 1 spiro atoms. The van der Waals surface area contributed by atoms with Crippen molar-refractivity contribution in [3.05, 3.63) is 24.2 Å². The van der Waals surface area contributed by atoms with Crippen LogP contribution in [0.15, 0.2) is 22.8 Å². The molecule has 8 heteroatoms. The summed E-state index contributed by atoms with van der Waals surface area (Å²) in [5.41, 5.74) is -0.993. The van der Waals surface area contributed by atoms with E-state index in [2.05, 4.69) is 0 Å². The van der Waals surface area contributed by atoms with Crippen LogP contribution in [0, 0.1) is 5.92 Å². The number of ether oxygens (including phenoxy) is 1. The van der Waals surface area contributed by atoms with Crippen molar-refractivity contribution in [1.82, 2.24) is 9.80 Å². The fourth-order valence-corrected chi connectivity index (χ4v) is 3.74. The molecule has 0 unspecified atom stereocenters. The molecular weight excluding hydrogens is 328 g/mol. The van der Waals surface area contributed by atoms with Crippen LogP contribution in [0.5, 0.6) is 0 Å². The van der Waals surface area contributed by atoms with Crippen molar-refractivity contribution < 1.29 is 28.6 Å². The molecule has 134 valence electrons. The van der Waals surface area contributed by atoms with Crippen LogP contribution >= 0.6 is 0 Å². The van der Waals surface area contributed by atoms with Crippen LogP contribution in [0.1, 0.15) is 36.2 Å². The highest BCUT2D eigenvalue weighted by molar-refractivity contribution is 5.95. The van der Waals surface area contributed by atoms with E-state index in [0.717, 1.165) is 12.8 Å². The van der Waals surface area contributed by atoms with Crippen molar-refractivity contribution >= 4 is 17.8 Å². The number of nitrogens with zero attached hydrogens (tertiary/aromatic N) is 2. The molecule has 3 heterocycles. The minimum Gasteiger partial charge on any atom is -0.480 e. The van der Waals surface area contributed by atoms with Gasteiger partial charge < -0.3 is 19.2 Å². The fraction of sp³-hybridized carbons (Fsp3) is 0.588. The summed E-state index contributed by atoms with van der Waals surface area (Å²) in [4.78, 5) is 39.8. The van der Waals surface area contributed by atoms with Crippen LogP contribution in [0.25, 0.3) is 0 Å². The second-order valence-electron chi connectivity index (χ2n) is 6.86. The number of rotatable bonds is 3. The van der Waals surface area contributed by atoms with Gasteiger partial charge in [0.1, 0.15) is 5.72 Å². The van der Waals surface area contributed by atoms with Gasteiger partial charge in [-0.05, 0) is 25.0 Å². The van der Waals surface area contributed by atoms with Crippen molar-refractivity contribution in [3.8, 4) is 0 Å². The lowest BCUT2D eigenvalue weighted by Crippen LogP contribution is -2.58. The highest BCUT2D eigenvalue weighted by atomic mass is 16.5. The topological polar surface area (TPSA) is 100 Å². The van der Waals surface area contributed by atoms with Gasteiger partial charge in [0.2, 0.25) is 5.91 Å². The number of hydrogen-bond donors (Lipinski definition) is 1. The van der Waals surface area contributed by atoms with Crippen LogP contribution in [0.3, 0.4) is 0 Å². The first-order valence-corrected chi connectivity index (χ1v) is 8.54. The van der Waals surface area contributed by atoms with Gasteiger partial charge in [0.05, 0.1) is 12.9 Å². The second-order valence-corrected chi connectivity index (χ2v) is 6.86. The highest BCUT2D eigenvalue weighted by Crippen LogP contribution is 2.40. The fourth-order valence-electron chi connectivity index (χ4n) is 3.74. The largest absolute Gasteiger partial charge is 0.480 e. The van der Waals surface area contributed by atoms with Gasteiger partial charge in [-0.2, -0.15) is 0 Å². The average molecular weight is 348 g/mol. The molecule has 1 aromatic heterocycles. The minimum absolute atomic E-state index is 0.0572. The van der Waals surface area contributed by atoms with Crippen LogP contribution in [-0.4, -0.2) is 64.2 Å². The maximum absolute atomic E-state index is 12.8. The van der Waals surface area contributed by atoms with E-state index in [-0.39, 0.29) is 24.2 Å². The standard InChI is InChI=1S/C17H20N2O6/c20-14(11-3-4-11)18-7-5-17(6-8-18)19(12(10-25-17)16(22)23)15(21)13-2-1-9-24-13/h1-2,9,11-12H,3-8,10H2,(H,22,23)/t12-/m1/s1. The Bertz CT molecular complexity index is 688. The summed E-state index contributed by atoms with van der Waals surface area (Å²) in [7, 11) is 0. The number of carbonyl (C=O) groups excluding carboxylic acids is 2. The predicted molar refractivity (Wildman–Crippen MR) is 83.5 cm³/mol. The van der Waals surface area contributed by atoms with E-state index in [9.17, 15) is 19.5 Å². The summed E-state index contributed by atoms with van der Waals surface area (Å²) in [5.74, 6) is -1.20. The van der Waals surface area contributed by atoms with Gasteiger partial charge >= 0.3 is 5.97 Å². The highest BCUT2D eigenvalue weighted by Gasteiger charge is 2.55. The van der Waals surface area contributed by atoms with Gasteiger partial charge in [0, 0.05) is 31.8 Å². The molecule has 0 aromatic carbocycles. The first-order valence-electron chi connectivity index (χ1n) is 8.54. The minimum atomic E-state index is -1.10. The zero-order valence-corrected chi connectivity index (χ0v) is 13.7. The number of carbonyl (C=O) groups is 3. The van der Waals surface area contributed by atoms with E-state index in [4.69, 9.17) is 9.15 Å². The molecule has 0 radical (unpaired) electrons. The monoisotopic (exact) mass is 348 g/mol. The Hall–Kier alpha value is -2.35. The number of aliphatic carboxylic acids is 1. The van der Waals surface area contributed by atoms with Gasteiger partial charge in [-0.25, -0.2) is 4.79 Å². The summed E-state index contributed by atoms with van der Waals surface area (Å²) in [6.45, 7) is 0.867. The van der Waals surface area contributed by atoms with E-state index in [1.54, 1.807) is 11.0 Å². The van der Waals surface area contributed by atoms with Crippen molar-refractivity contribution in [3.63, 3.8) is 0 Å². The average Bonchev–Trinajstić information content (AvgIpc) is 3.18. The molecule has 8 nitrogen and oxygen atoms in total. The Labute approximate surface area is 144 Å². The van der Waals surface area contributed by atoms with E-state index in [1.807, 2.05) is 0 Å². The van der Waals surface area contributed by atoms with E-state index in [0.29, 0.717) is 25.9 Å². The van der Waals surface area contributed by atoms with Crippen LogP contribution in [0.2, 0.25) is 0 Å². The van der Waals surface area contributed by atoms with Crippen LogP contribution < -0.4 is 0 Å². The lowest BCUT2D eigenvalue weighted by Gasteiger charge is -2.44. The van der Waals surface area contributed by atoms with Crippen LogP contribution in [0.4, 0.5) is 0 Å². The summed E-state index contributed by atoms with van der Waals surface area (Å²) in [6, 6.07) is 2.05. The Morgan fingerprint density at radius 3 is 2.48 bits per heavy atom. The maximum Gasteiger partial charge on any atom is 0.328 e. The number of carboxylic acids is 1. The third-order valence-electron chi connectivity index (χ3n) is 5.28. The van der Waals surface area contributed by atoms with E-state index >= 15 is 0 Å². The molecule has 25 heavy (non-hydrogen) atoms. The summed E-state index contributed by atoms with van der Waals surface area (Å²) in [6.07, 6.45) is 4.08.